The lowest BCUT2D eigenvalue weighted by atomic mass is 10.7. The molecule has 0 saturated heterocycles. The third-order valence-electron chi connectivity index (χ3n) is 0.375. The third-order valence-corrected chi connectivity index (χ3v) is 0.490. The van der Waals surface area contributed by atoms with E-state index in [4.69, 9.17) is 5.73 Å². The Balaban J connectivity index is 3.76. The van der Waals surface area contributed by atoms with Gasteiger partial charge < -0.3 is 5.73 Å². The van der Waals surface area contributed by atoms with Crippen molar-refractivity contribution in [3.05, 3.63) is 11.4 Å². The fraction of sp³-hybridized carbons (Fsp3) is 0.250. The van der Waals surface area contributed by atoms with Crippen LogP contribution in [-0.4, -0.2) is 5.84 Å². The van der Waals surface area contributed by atoms with E-state index < -0.39 is 5.16 Å². The maximum Gasteiger partial charge on any atom is 0.171 e. The molecule has 0 aromatic rings. The minimum Gasteiger partial charge on any atom is -0.387 e. The van der Waals surface area contributed by atoms with Crippen LogP contribution in [0.1, 0.15) is 6.92 Å². The average molecular weight is 134 g/mol. The molecule has 0 aromatic heterocycles. The fourth-order valence-electron chi connectivity index (χ4n) is 0.155. The highest BCUT2D eigenvalue weighted by Crippen LogP contribution is 1.99. The Bertz CT molecular complexity index is 106. The molecule has 46 valence electrons. The van der Waals surface area contributed by atoms with Gasteiger partial charge in [-0.15, -0.1) is 12.6 Å². The quantitative estimate of drug-likeness (QED) is 0.314. The maximum atomic E-state index is 11.6. The Kier molecular flexibility index (Phi) is 3.26. The lowest BCUT2D eigenvalue weighted by Crippen LogP contribution is -2.03. The maximum absolute atomic E-state index is 11.6. The summed E-state index contributed by atoms with van der Waals surface area (Å²) >= 11 is 3.30. The zero-order valence-corrected chi connectivity index (χ0v) is 5.32. The van der Waals surface area contributed by atoms with Gasteiger partial charge in [0.05, 0.1) is 12.0 Å². The summed E-state index contributed by atoms with van der Waals surface area (Å²) in [6, 6.07) is 0. The number of nitrogens with two attached hydrogens (primary N) is 1. The number of hydrogen-bond donors (Lipinski definition) is 2. The van der Waals surface area contributed by atoms with Crippen LogP contribution in [0.5, 0.6) is 0 Å². The van der Waals surface area contributed by atoms with Gasteiger partial charge in [-0.2, -0.15) is 4.39 Å². The van der Waals surface area contributed by atoms with Crippen LogP contribution in [0.2, 0.25) is 0 Å². The first kappa shape index (κ1) is 7.49. The molecule has 0 aromatic carbocycles. The molecular weight excluding hydrogens is 127 g/mol. The van der Waals surface area contributed by atoms with E-state index in [0.717, 1.165) is 6.20 Å². The topological polar surface area (TPSA) is 38.4 Å². The van der Waals surface area contributed by atoms with Crippen molar-refractivity contribution < 1.29 is 4.39 Å². The van der Waals surface area contributed by atoms with E-state index in [1.807, 2.05) is 0 Å². The Morgan fingerprint density at radius 1 is 1.88 bits per heavy atom. The van der Waals surface area contributed by atoms with Gasteiger partial charge in [0.25, 0.3) is 0 Å². The van der Waals surface area contributed by atoms with Gasteiger partial charge >= 0.3 is 0 Å². The first-order chi connectivity index (χ1) is 3.63. The zero-order valence-electron chi connectivity index (χ0n) is 4.43. The second kappa shape index (κ2) is 3.49. The molecule has 0 amide bonds. The van der Waals surface area contributed by atoms with E-state index in [1.165, 1.54) is 0 Å². The molecule has 0 spiro atoms. The molecule has 0 aliphatic rings. The molecule has 0 saturated carbocycles. The molecule has 0 heterocycles. The van der Waals surface area contributed by atoms with E-state index in [1.54, 1.807) is 6.92 Å². The largest absolute Gasteiger partial charge is 0.387 e. The molecule has 0 aliphatic carbocycles. The van der Waals surface area contributed by atoms with Crippen molar-refractivity contribution in [2.45, 2.75) is 6.92 Å². The first-order valence-electron chi connectivity index (χ1n) is 1.97. The van der Waals surface area contributed by atoms with E-state index in [-0.39, 0.29) is 0 Å². The normalized spacial score (nSPS) is 14.4. The predicted molar refractivity (Wildman–Crippen MR) is 35.5 cm³/mol. The molecule has 8 heavy (non-hydrogen) atoms. The number of hydrogen-bond acceptors (Lipinski definition) is 2. The van der Waals surface area contributed by atoms with Crippen molar-refractivity contribution in [3.8, 4) is 0 Å². The second-order valence-corrected chi connectivity index (χ2v) is 1.65. The van der Waals surface area contributed by atoms with E-state index >= 15 is 0 Å². The van der Waals surface area contributed by atoms with Crippen molar-refractivity contribution >= 4 is 18.5 Å². The van der Waals surface area contributed by atoms with Crippen molar-refractivity contribution in [2.24, 2.45) is 10.7 Å². The summed E-state index contributed by atoms with van der Waals surface area (Å²) in [5.41, 5.74) is 5.05. The average Bonchev–Trinajstić information content (AvgIpc) is 1.61. The zero-order chi connectivity index (χ0) is 6.57. The molecule has 2 N–H and O–H groups in total. The van der Waals surface area contributed by atoms with Crippen molar-refractivity contribution in [1.82, 2.24) is 0 Å². The number of aliphatic imine (C=N–C) groups is 1. The van der Waals surface area contributed by atoms with Crippen LogP contribution in [0, 0.1) is 0 Å². The summed E-state index contributed by atoms with van der Waals surface area (Å²) < 4.78 is 11.6. The molecule has 0 atom stereocenters. The van der Waals surface area contributed by atoms with Gasteiger partial charge in [-0.05, 0) is 6.92 Å². The number of thiol groups is 1. The summed E-state index contributed by atoms with van der Waals surface area (Å²) in [4.78, 5) is 3.41. The minimum atomic E-state index is -0.644. The van der Waals surface area contributed by atoms with Gasteiger partial charge in [-0.25, -0.2) is 4.99 Å². The van der Waals surface area contributed by atoms with Crippen molar-refractivity contribution in [3.63, 3.8) is 0 Å². The van der Waals surface area contributed by atoms with Crippen LogP contribution >= 0.6 is 12.6 Å². The lowest BCUT2D eigenvalue weighted by molar-refractivity contribution is 0.698. The van der Waals surface area contributed by atoms with Crippen LogP contribution in [0.3, 0.4) is 0 Å². The van der Waals surface area contributed by atoms with Gasteiger partial charge in [0.2, 0.25) is 0 Å². The summed E-state index contributed by atoms with van der Waals surface area (Å²) in [5.74, 6) is 0.314. The molecule has 0 bridgehead atoms. The van der Waals surface area contributed by atoms with E-state index in [0.29, 0.717) is 5.84 Å². The molecule has 4 heteroatoms. The third kappa shape index (κ3) is 5.49. The van der Waals surface area contributed by atoms with Gasteiger partial charge in [0.1, 0.15) is 0 Å². The highest BCUT2D eigenvalue weighted by molar-refractivity contribution is 7.84. The summed E-state index contributed by atoms with van der Waals surface area (Å²) in [7, 11) is 0. The van der Waals surface area contributed by atoms with Crippen LogP contribution in [-0.2, 0) is 0 Å². The van der Waals surface area contributed by atoms with Crippen LogP contribution in [0.25, 0.3) is 0 Å². The summed E-state index contributed by atoms with van der Waals surface area (Å²) in [6.07, 6.45) is 0.943. The van der Waals surface area contributed by atoms with Crippen molar-refractivity contribution in [2.75, 3.05) is 0 Å². The Labute approximate surface area is 52.7 Å². The highest BCUT2D eigenvalue weighted by Gasteiger charge is 1.77. The van der Waals surface area contributed by atoms with Gasteiger partial charge in [-0.1, -0.05) is 0 Å². The van der Waals surface area contributed by atoms with Gasteiger partial charge in [0.15, 0.2) is 5.16 Å². The van der Waals surface area contributed by atoms with E-state index in [2.05, 4.69) is 17.6 Å². The Morgan fingerprint density at radius 2 is 2.38 bits per heavy atom. The molecule has 0 fully saturated rings. The smallest absolute Gasteiger partial charge is 0.171 e. The van der Waals surface area contributed by atoms with E-state index in [9.17, 15) is 4.39 Å². The second-order valence-electron chi connectivity index (χ2n) is 1.22. The number of amidine groups is 1. The van der Waals surface area contributed by atoms with Crippen LogP contribution in [0.15, 0.2) is 16.4 Å². The minimum absolute atomic E-state index is 0.314. The lowest BCUT2D eigenvalue weighted by Gasteiger charge is -1.81. The molecule has 0 unspecified atom stereocenters. The number of halogens is 1. The molecule has 2 nitrogen and oxygen atoms in total. The molecular formula is C4H7FN2S. The molecule has 0 radical (unpaired) electrons. The molecule has 0 rings (SSSR count). The predicted octanol–water partition coefficient (Wildman–Crippen LogP) is 1.06. The number of nitrogens with zero attached hydrogens (tertiary/aromatic N) is 1. The summed E-state index contributed by atoms with van der Waals surface area (Å²) in [5, 5.41) is -0.644. The highest BCUT2D eigenvalue weighted by atomic mass is 32.1. The first-order valence-corrected chi connectivity index (χ1v) is 2.42. The monoisotopic (exact) mass is 134 g/mol. The van der Waals surface area contributed by atoms with Crippen LogP contribution in [0.4, 0.5) is 4.39 Å². The summed E-state index contributed by atoms with van der Waals surface area (Å²) in [6.45, 7) is 1.56. The van der Waals surface area contributed by atoms with Gasteiger partial charge in [-0.3, -0.25) is 0 Å². The standard InChI is InChI=1S/C4H7FN2S/c1-3(6)7-2-4(5)8/h2,8H,1H3,(H2,6,7)/b4-2-. The number of rotatable bonds is 1. The fourth-order valence-corrected chi connectivity index (χ4v) is 0.213. The van der Waals surface area contributed by atoms with Gasteiger partial charge in [0, 0.05) is 0 Å². The van der Waals surface area contributed by atoms with Crippen molar-refractivity contribution in [1.29, 1.82) is 0 Å². The Hall–Kier alpha value is -0.510. The van der Waals surface area contributed by atoms with Crippen LogP contribution < -0.4 is 5.73 Å². The Morgan fingerprint density at radius 3 is 2.50 bits per heavy atom. The SMILES string of the molecule is C/C(N)=N\C=C(\F)S. The molecule has 0 aliphatic heterocycles.